The first-order valence-electron chi connectivity index (χ1n) is 15.9. The van der Waals surface area contributed by atoms with Crippen LogP contribution in [0.15, 0.2) is 94.7 Å². The summed E-state index contributed by atoms with van der Waals surface area (Å²) in [5.74, 6) is 0. The van der Waals surface area contributed by atoms with Crippen molar-refractivity contribution in [2.45, 2.75) is 49.8 Å². The molecule has 4 heterocycles. The van der Waals surface area contributed by atoms with Crippen molar-refractivity contribution in [3.63, 3.8) is 0 Å². The van der Waals surface area contributed by atoms with Gasteiger partial charge in [0.25, 0.3) is 0 Å². The monoisotopic (exact) mass is 637 g/mol. The molecule has 0 bridgehead atoms. The zero-order valence-electron chi connectivity index (χ0n) is 25.7. The Morgan fingerprint density at radius 2 is 1.63 bits per heavy atom. The number of sulfonamides is 1. The number of benzene rings is 3. The molecule has 0 saturated carbocycles. The molecular weight excluding hydrogens is 598 g/mol. The third-order valence-corrected chi connectivity index (χ3v) is 11.2. The number of fused-ring (bicyclic) bond motifs is 2. The summed E-state index contributed by atoms with van der Waals surface area (Å²) in [5, 5.41) is 4.14. The molecule has 0 spiro atoms. The number of aromatic amines is 1. The minimum absolute atomic E-state index is 0.0269. The van der Waals surface area contributed by atoms with E-state index in [0.717, 1.165) is 74.2 Å². The van der Waals surface area contributed by atoms with Crippen LogP contribution in [0.25, 0.3) is 28.0 Å². The molecule has 2 aromatic heterocycles. The highest BCUT2D eigenvalue weighted by Gasteiger charge is 2.32. The number of H-pyrrole nitrogens is 1. The van der Waals surface area contributed by atoms with Crippen LogP contribution < -0.4 is 16.7 Å². The van der Waals surface area contributed by atoms with Gasteiger partial charge in [-0.05, 0) is 84.9 Å². The van der Waals surface area contributed by atoms with Crippen LogP contribution in [0.2, 0.25) is 0 Å². The topological polar surface area (TPSA) is 129 Å². The van der Waals surface area contributed by atoms with Crippen molar-refractivity contribution in [2.75, 3.05) is 26.2 Å². The maximum absolute atomic E-state index is 14.1. The van der Waals surface area contributed by atoms with Gasteiger partial charge in [0.15, 0.2) is 0 Å². The largest absolute Gasteiger partial charge is 0.354 e. The molecule has 0 radical (unpaired) electrons. The van der Waals surface area contributed by atoms with Gasteiger partial charge < -0.3 is 16.0 Å². The van der Waals surface area contributed by atoms with Gasteiger partial charge in [0.05, 0.1) is 10.6 Å². The number of nitrogens with one attached hydrogen (secondary N) is 2. The van der Waals surface area contributed by atoms with Crippen LogP contribution in [0.3, 0.4) is 0 Å². The first kappa shape index (κ1) is 30.5. The highest BCUT2D eigenvalue weighted by atomic mass is 32.2. The second-order valence-corrected chi connectivity index (χ2v) is 14.1. The number of nitrogens with two attached hydrogens (primary N) is 1. The SMILES string of the molecule is NCc1ccc(-n2cc3cc(-c4ccc(S(=O)(=O)N(CCCN5Cc6ccccc6C5)C5CCNCC5)cc4)[nH]c3nc2=O)cc1. The maximum Gasteiger partial charge on any atom is 0.354 e. The summed E-state index contributed by atoms with van der Waals surface area (Å²) in [6, 6.07) is 24.9. The van der Waals surface area contributed by atoms with Crippen LogP contribution in [0.5, 0.6) is 0 Å². The van der Waals surface area contributed by atoms with Crippen molar-refractivity contribution in [1.29, 1.82) is 0 Å². The van der Waals surface area contributed by atoms with Gasteiger partial charge >= 0.3 is 5.69 Å². The second-order valence-electron chi connectivity index (χ2n) is 12.2. The molecule has 2 aliphatic rings. The zero-order valence-corrected chi connectivity index (χ0v) is 26.5. The van der Waals surface area contributed by atoms with Gasteiger partial charge in [0, 0.05) is 56.0 Å². The molecule has 10 nitrogen and oxygen atoms in total. The third kappa shape index (κ3) is 6.16. The van der Waals surface area contributed by atoms with Crippen molar-refractivity contribution in [3.8, 4) is 16.9 Å². The summed E-state index contributed by atoms with van der Waals surface area (Å²) in [7, 11) is -3.71. The van der Waals surface area contributed by atoms with E-state index >= 15 is 0 Å². The van der Waals surface area contributed by atoms with Gasteiger partial charge in [-0.25, -0.2) is 13.2 Å². The molecule has 0 atom stereocenters. The molecule has 4 N–H and O–H groups in total. The lowest BCUT2D eigenvalue weighted by atomic mass is 10.1. The molecule has 7 rings (SSSR count). The average molecular weight is 638 g/mol. The fraction of sp³-hybridized carbons (Fsp3) is 0.314. The van der Waals surface area contributed by atoms with E-state index in [0.29, 0.717) is 29.3 Å². The van der Waals surface area contributed by atoms with Crippen LogP contribution in [0, 0.1) is 0 Å². The highest BCUT2D eigenvalue weighted by Crippen LogP contribution is 2.28. The van der Waals surface area contributed by atoms with Crippen LogP contribution in [-0.4, -0.2) is 64.4 Å². The van der Waals surface area contributed by atoms with E-state index in [1.807, 2.05) is 42.5 Å². The van der Waals surface area contributed by atoms with Crippen molar-refractivity contribution in [1.82, 2.24) is 29.1 Å². The number of aromatic nitrogens is 3. The third-order valence-electron chi connectivity index (χ3n) is 9.21. The Morgan fingerprint density at radius 1 is 0.935 bits per heavy atom. The molecule has 0 unspecified atom stereocenters. The van der Waals surface area contributed by atoms with Crippen molar-refractivity contribution in [2.24, 2.45) is 5.73 Å². The van der Waals surface area contributed by atoms with E-state index in [9.17, 15) is 13.2 Å². The van der Waals surface area contributed by atoms with Crippen LogP contribution in [-0.2, 0) is 29.7 Å². The Labute approximate surface area is 268 Å². The summed E-state index contributed by atoms with van der Waals surface area (Å²) in [6.45, 7) is 5.23. The summed E-state index contributed by atoms with van der Waals surface area (Å²) in [4.78, 5) is 23.0. The number of rotatable bonds is 10. The Hall–Kier alpha value is -4.13. The minimum atomic E-state index is -3.71. The van der Waals surface area contributed by atoms with Gasteiger partial charge in [0.2, 0.25) is 10.0 Å². The Bertz CT molecular complexity index is 1970. The van der Waals surface area contributed by atoms with Crippen molar-refractivity contribution in [3.05, 3.63) is 112 Å². The Morgan fingerprint density at radius 3 is 2.30 bits per heavy atom. The molecule has 1 fully saturated rings. The minimum Gasteiger partial charge on any atom is -0.339 e. The standard InChI is InChI=1S/C35H39N7O3S/c36-21-25-6-10-30(11-7-25)41-24-29-20-33(38-34(29)39-35(41)43)26-8-12-32(13-9-26)46(44,45)42(31-14-16-37-17-15-31)19-3-18-40-22-27-4-1-2-5-28(27)23-40/h1-2,4-13,20,24,31,37H,3,14-19,21-23,36H2,(H,38,39,43). The molecule has 1 saturated heterocycles. The van der Waals surface area contributed by atoms with Crippen molar-refractivity contribution >= 4 is 21.1 Å². The Kier molecular flexibility index (Phi) is 8.58. The molecule has 46 heavy (non-hydrogen) atoms. The van der Waals surface area contributed by atoms with E-state index in [1.54, 1.807) is 22.6 Å². The van der Waals surface area contributed by atoms with E-state index < -0.39 is 15.7 Å². The maximum atomic E-state index is 14.1. The first-order chi connectivity index (χ1) is 22.4. The van der Waals surface area contributed by atoms with E-state index in [1.165, 1.54) is 15.7 Å². The van der Waals surface area contributed by atoms with Gasteiger partial charge in [-0.15, -0.1) is 0 Å². The van der Waals surface area contributed by atoms with Crippen LogP contribution >= 0.6 is 0 Å². The number of hydrogen-bond donors (Lipinski definition) is 3. The first-order valence-corrected chi connectivity index (χ1v) is 17.4. The van der Waals surface area contributed by atoms with Gasteiger partial charge in [-0.3, -0.25) is 9.47 Å². The zero-order chi connectivity index (χ0) is 31.7. The van der Waals surface area contributed by atoms with E-state index in [2.05, 4.69) is 44.5 Å². The summed E-state index contributed by atoms with van der Waals surface area (Å²) >= 11 is 0. The average Bonchev–Trinajstić information content (AvgIpc) is 3.70. The lowest BCUT2D eigenvalue weighted by molar-refractivity contribution is 0.230. The molecule has 2 aliphatic heterocycles. The second kappa shape index (κ2) is 12.9. The lowest BCUT2D eigenvalue weighted by Crippen LogP contribution is -2.46. The number of piperidine rings is 1. The molecule has 0 amide bonds. The Balaban J connectivity index is 1.09. The number of hydrogen-bond acceptors (Lipinski definition) is 7. The molecule has 0 aliphatic carbocycles. The summed E-state index contributed by atoms with van der Waals surface area (Å²) in [5.41, 5.74) is 11.8. The van der Waals surface area contributed by atoms with E-state index in [-0.39, 0.29) is 6.04 Å². The van der Waals surface area contributed by atoms with Gasteiger partial charge in [-0.2, -0.15) is 9.29 Å². The quantitative estimate of drug-likeness (QED) is 0.211. The predicted molar refractivity (Wildman–Crippen MR) is 180 cm³/mol. The number of nitrogens with zero attached hydrogens (tertiary/aromatic N) is 4. The van der Waals surface area contributed by atoms with Gasteiger partial charge in [-0.1, -0.05) is 48.5 Å². The van der Waals surface area contributed by atoms with Crippen LogP contribution in [0.4, 0.5) is 0 Å². The fourth-order valence-electron chi connectivity index (χ4n) is 6.68. The normalized spacial score (nSPS) is 16.0. The van der Waals surface area contributed by atoms with Gasteiger partial charge in [0.1, 0.15) is 5.65 Å². The summed E-state index contributed by atoms with van der Waals surface area (Å²) < 4.78 is 31.5. The van der Waals surface area contributed by atoms with Crippen molar-refractivity contribution < 1.29 is 8.42 Å². The molecule has 5 aromatic rings. The summed E-state index contributed by atoms with van der Waals surface area (Å²) in [6.07, 6.45) is 4.13. The predicted octanol–water partition coefficient (Wildman–Crippen LogP) is 3.99. The molecule has 11 heteroatoms. The van der Waals surface area contributed by atoms with E-state index in [4.69, 9.17) is 5.73 Å². The molecular formula is C35H39N7O3S. The van der Waals surface area contributed by atoms with Crippen LogP contribution in [0.1, 0.15) is 36.0 Å². The molecule has 3 aromatic carbocycles. The lowest BCUT2D eigenvalue weighted by Gasteiger charge is -2.34. The fourth-order valence-corrected chi connectivity index (χ4v) is 8.40. The highest BCUT2D eigenvalue weighted by molar-refractivity contribution is 7.89. The smallest absolute Gasteiger partial charge is 0.339 e. The molecule has 238 valence electrons.